The first-order valence-corrected chi connectivity index (χ1v) is 8.62. The molecule has 1 heterocycles. The van der Waals surface area contributed by atoms with Crippen molar-refractivity contribution in [3.63, 3.8) is 0 Å². The van der Waals surface area contributed by atoms with Crippen LogP contribution in [-0.4, -0.2) is 36.6 Å². The predicted octanol–water partition coefficient (Wildman–Crippen LogP) is 3.15. The maximum Gasteiger partial charge on any atom is 0.308 e. The lowest BCUT2D eigenvalue weighted by Crippen LogP contribution is -2.55. The second kappa shape index (κ2) is 6.19. The van der Waals surface area contributed by atoms with E-state index in [2.05, 4.69) is 12.0 Å². The summed E-state index contributed by atoms with van der Waals surface area (Å²) in [6.45, 7) is 2.26. The third-order valence-corrected chi connectivity index (χ3v) is 5.94. The highest BCUT2D eigenvalue weighted by Crippen LogP contribution is 2.47. The van der Waals surface area contributed by atoms with E-state index in [0.717, 1.165) is 32.1 Å². The van der Waals surface area contributed by atoms with Crippen molar-refractivity contribution in [1.82, 2.24) is 5.17 Å². The van der Waals surface area contributed by atoms with Crippen LogP contribution in [0.25, 0.3) is 0 Å². The molecule has 2 saturated carbocycles. The molecular weight excluding hydrogens is 280 g/mol. The van der Waals surface area contributed by atoms with Gasteiger partial charge >= 0.3 is 5.97 Å². The molecular formula is C17H28N2O3. The minimum atomic E-state index is -0.173. The van der Waals surface area contributed by atoms with Crippen LogP contribution >= 0.6 is 0 Å². The van der Waals surface area contributed by atoms with Gasteiger partial charge < -0.3 is 4.74 Å². The molecule has 0 saturated heterocycles. The Morgan fingerprint density at radius 3 is 2.68 bits per heavy atom. The van der Waals surface area contributed by atoms with E-state index in [-0.39, 0.29) is 17.5 Å². The van der Waals surface area contributed by atoms with Crippen molar-refractivity contribution >= 4 is 11.7 Å². The number of carbonyl (C=O) groups excluding carboxylic acids is 1. The summed E-state index contributed by atoms with van der Waals surface area (Å²) < 4.78 is 4.90. The molecule has 2 aliphatic carbocycles. The van der Waals surface area contributed by atoms with Crippen LogP contribution in [0, 0.1) is 17.8 Å². The Balaban J connectivity index is 1.73. The molecule has 1 aliphatic heterocycles. The fourth-order valence-electron chi connectivity index (χ4n) is 4.71. The molecule has 5 heteroatoms. The van der Waals surface area contributed by atoms with Gasteiger partial charge in [-0.3, -0.25) is 4.79 Å². The van der Waals surface area contributed by atoms with Crippen LogP contribution in [0.4, 0.5) is 0 Å². The summed E-state index contributed by atoms with van der Waals surface area (Å²) >= 11 is 0. The molecule has 0 spiro atoms. The quantitative estimate of drug-likeness (QED) is 0.735. The monoisotopic (exact) mass is 308 g/mol. The van der Waals surface area contributed by atoms with Crippen molar-refractivity contribution < 1.29 is 14.4 Å². The lowest BCUT2D eigenvalue weighted by Gasteiger charge is -2.50. The Morgan fingerprint density at radius 2 is 2.00 bits per heavy atom. The second-order valence-corrected chi connectivity index (χ2v) is 7.20. The van der Waals surface area contributed by atoms with Crippen LogP contribution in [0.15, 0.2) is 5.10 Å². The van der Waals surface area contributed by atoms with Gasteiger partial charge in [0.2, 0.25) is 0 Å². The minimum absolute atomic E-state index is 0.0507. The zero-order valence-electron chi connectivity index (χ0n) is 14.0. The largest absolute Gasteiger partial charge is 0.469 e. The molecule has 2 atom stereocenters. The topological polar surface area (TPSA) is 51.1 Å². The molecule has 0 aromatic rings. The van der Waals surface area contributed by atoms with Gasteiger partial charge in [-0.05, 0) is 57.8 Å². The van der Waals surface area contributed by atoms with Gasteiger partial charge in [0.25, 0.3) is 0 Å². The second-order valence-electron chi connectivity index (χ2n) is 7.20. The molecule has 22 heavy (non-hydrogen) atoms. The molecule has 2 fully saturated rings. The van der Waals surface area contributed by atoms with Gasteiger partial charge in [-0.1, -0.05) is 6.42 Å². The Kier molecular flexibility index (Phi) is 4.44. The zero-order valence-corrected chi connectivity index (χ0v) is 14.0. The maximum atomic E-state index is 11.7. The number of rotatable bonds is 2. The molecule has 3 aliphatic rings. The Bertz CT molecular complexity index is 457. The van der Waals surface area contributed by atoms with Crippen LogP contribution in [0.1, 0.15) is 58.3 Å². The fraction of sp³-hybridized carbons (Fsp3) is 0.882. The van der Waals surface area contributed by atoms with E-state index in [4.69, 9.17) is 9.57 Å². The van der Waals surface area contributed by atoms with Crippen molar-refractivity contribution in [3.05, 3.63) is 0 Å². The highest BCUT2D eigenvalue weighted by molar-refractivity contribution is 5.88. The van der Waals surface area contributed by atoms with E-state index < -0.39 is 0 Å². The Hall–Kier alpha value is -1.10. The van der Waals surface area contributed by atoms with E-state index in [1.807, 2.05) is 7.05 Å². The summed E-state index contributed by atoms with van der Waals surface area (Å²) in [4.78, 5) is 18.0. The van der Waals surface area contributed by atoms with E-state index in [1.54, 1.807) is 5.17 Å². The summed E-state index contributed by atoms with van der Waals surface area (Å²) in [7, 11) is 3.38. The molecule has 3 rings (SSSR count). The third-order valence-electron chi connectivity index (χ3n) is 5.94. The van der Waals surface area contributed by atoms with E-state index in [9.17, 15) is 4.79 Å². The number of hydrazone groups is 1. The fourth-order valence-corrected chi connectivity index (χ4v) is 4.71. The van der Waals surface area contributed by atoms with Crippen molar-refractivity contribution in [3.8, 4) is 0 Å². The summed E-state index contributed by atoms with van der Waals surface area (Å²) in [6.07, 6.45) is 8.70. The van der Waals surface area contributed by atoms with Gasteiger partial charge in [-0.25, -0.2) is 4.84 Å². The maximum absolute atomic E-state index is 11.7. The predicted molar refractivity (Wildman–Crippen MR) is 84.1 cm³/mol. The first kappa shape index (κ1) is 15.8. The first-order valence-electron chi connectivity index (χ1n) is 8.62. The zero-order chi connectivity index (χ0) is 15.7. The first-order chi connectivity index (χ1) is 10.5. The van der Waals surface area contributed by atoms with Gasteiger partial charge in [0.1, 0.15) is 5.60 Å². The lowest BCUT2D eigenvalue weighted by molar-refractivity contribution is -0.274. The molecule has 2 unspecified atom stereocenters. The number of esters is 1. The Labute approximate surface area is 133 Å². The van der Waals surface area contributed by atoms with E-state index in [0.29, 0.717) is 11.8 Å². The van der Waals surface area contributed by atoms with E-state index >= 15 is 0 Å². The highest BCUT2D eigenvalue weighted by Gasteiger charge is 2.50. The average molecular weight is 308 g/mol. The number of carbonyl (C=O) groups is 1. The van der Waals surface area contributed by atoms with Crippen LogP contribution in [0.5, 0.6) is 0 Å². The minimum Gasteiger partial charge on any atom is -0.469 e. The summed E-state index contributed by atoms with van der Waals surface area (Å²) in [5, 5.41) is 6.27. The van der Waals surface area contributed by atoms with Crippen molar-refractivity contribution in [2.24, 2.45) is 22.9 Å². The third kappa shape index (κ3) is 2.75. The van der Waals surface area contributed by atoms with Crippen molar-refractivity contribution in [1.29, 1.82) is 0 Å². The number of hydrogen-bond donors (Lipinski definition) is 0. The number of ether oxygens (including phenoxy) is 1. The van der Waals surface area contributed by atoms with Crippen LogP contribution in [0.3, 0.4) is 0 Å². The molecule has 124 valence electrons. The SMILES string of the molecule is COC(=O)C1CCC(C2(C)ON(C)N=C3CCCCC32)CC1. The summed E-state index contributed by atoms with van der Waals surface area (Å²) in [6, 6.07) is 0. The van der Waals surface area contributed by atoms with Crippen molar-refractivity contribution in [2.75, 3.05) is 14.2 Å². The van der Waals surface area contributed by atoms with Gasteiger partial charge in [0.15, 0.2) is 0 Å². The lowest BCUT2D eigenvalue weighted by atomic mass is 9.65. The number of fused-ring (bicyclic) bond motifs is 1. The molecule has 0 aromatic carbocycles. The summed E-state index contributed by atoms with van der Waals surface area (Å²) in [5.41, 5.74) is 1.14. The van der Waals surface area contributed by atoms with E-state index in [1.165, 1.54) is 32.1 Å². The highest BCUT2D eigenvalue weighted by atomic mass is 16.7. The van der Waals surface area contributed by atoms with Crippen LogP contribution in [0.2, 0.25) is 0 Å². The van der Waals surface area contributed by atoms with Gasteiger partial charge in [-0.2, -0.15) is 10.3 Å². The standard InChI is InChI=1S/C17H28N2O3/c1-17(13-10-8-12(9-11-13)16(20)21-3)14-6-4-5-7-15(14)18-19(2)22-17/h12-14H,4-11H2,1-3H3. The molecule has 0 bridgehead atoms. The number of hydroxylamine groups is 1. The molecule has 0 aromatic heterocycles. The van der Waals surface area contributed by atoms with Crippen LogP contribution < -0.4 is 0 Å². The van der Waals surface area contributed by atoms with Gasteiger partial charge in [0.05, 0.1) is 20.1 Å². The molecule has 5 nitrogen and oxygen atoms in total. The number of methoxy groups -OCH3 is 1. The summed E-state index contributed by atoms with van der Waals surface area (Å²) in [5.74, 6) is 0.956. The van der Waals surface area contributed by atoms with Crippen LogP contribution in [-0.2, 0) is 14.4 Å². The molecule has 0 radical (unpaired) electrons. The number of nitrogens with zero attached hydrogens (tertiary/aromatic N) is 2. The Morgan fingerprint density at radius 1 is 1.27 bits per heavy atom. The smallest absolute Gasteiger partial charge is 0.308 e. The van der Waals surface area contributed by atoms with Gasteiger partial charge in [0, 0.05) is 11.6 Å². The number of hydrogen-bond acceptors (Lipinski definition) is 5. The van der Waals surface area contributed by atoms with Crippen molar-refractivity contribution in [2.45, 2.75) is 63.9 Å². The normalized spacial score (nSPS) is 39.0. The van der Waals surface area contributed by atoms with Gasteiger partial charge in [-0.15, -0.1) is 0 Å². The molecule has 0 amide bonds. The molecule has 0 N–H and O–H groups in total. The average Bonchev–Trinajstić information content (AvgIpc) is 2.54.